The molecule has 0 unspecified atom stereocenters. The SMILES string of the molecule is CO[C@H]1O[C@H](CN([C@@H](Cc2ccccc2)C(=O)OC(C)(C)C)S(=O)(=O)c2ccccc2[N+](=O)[O-])[C@@H](OCc2ccccc2)[C@H](OCc2ccccc2)[C@H]1OCc1ccccc1. The quantitative estimate of drug-likeness (QED) is 0.0457. The van der Waals surface area contributed by atoms with E-state index in [0.717, 1.165) is 33.1 Å². The van der Waals surface area contributed by atoms with E-state index in [1.54, 1.807) is 51.1 Å². The Morgan fingerprint density at radius 2 is 1.13 bits per heavy atom. The minimum absolute atomic E-state index is 0.0655. The fraction of sp³-hybridized carbons (Fsp3) is 0.340. The summed E-state index contributed by atoms with van der Waals surface area (Å²) in [7, 11) is -3.46. The predicted molar refractivity (Wildman–Crippen MR) is 227 cm³/mol. The molecule has 0 radical (unpaired) electrons. The van der Waals surface area contributed by atoms with Crippen LogP contribution in [0, 0.1) is 10.1 Å². The fourth-order valence-corrected chi connectivity index (χ4v) is 8.86. The summed E-state index contributed by atoms with van der Waals surface area (Å²) < 4.78 is 70.0. The third-order valence-electron chi connectivity index (χ3n) is 9.99. The Bertz CT molecular complexity index is 2260. The lowest BCUT2D eigenvalue weighted by atomic mass is 9.96. The van der Waals surface area contributed by atoms with Gasteiger partial charge in [0.1, 0.15) is 36.1 Å². The van der Waals surface area contributed by atoms with Crippen molar-refractivity contribution >= 4 is 21.7 Å². The number of para-hydroxylation sites is 1. The maximum atomic E-state index is 15.2. The van der Waals surface area contributed by atoms with Gasteiger partial charge in [0.2, 0.25) is 0 Å². The van der Waals surface area contributed by atoms with Crippen molar-refractivity contribution in [3.05, 3.63) is 178 Å². The zero-order valence-corrected chi connectivity index (χ0v) is 35.5. The molecule has 0 saturated carbocycles. The number of rotatable bonds is 19. The van der Waals surface area contributed by atoms with Crippen LogP contribution in [0.5, 0.6) is 0 Å². The van der Waals surface area contributed by atoms with Crippen molar-refractivity contribution < 1.29 is 46.6 Å². The van der Waals surface area contributed by atoms with Gasteiger partial charge in [0.05, 0.1) is 24.7 Å². The molecule has 5 aromatic rings. The maximum Gasteiger partial charge on any atom is 0.325 e. The van der Waals surface area contributed by atoms with Crippen LogP contribution in [0.1, 0.15) is 43.0 Å². The van der Waals surface area contributed by atoms with E-state index in [1.807, 2.05) is 91.0 Å². The van der Waals surface area contributed by atoms with Gasteiger partial charge in [-0.15, -0.1) is 0 Å². The third kappa shape index (κ3) is 12.2. The summed E-state index contributed by atoms with van der Waals surface area (Å²) >= 11 is 0. The van der Waals surface area contributed by atoms with E-state index in [2.05, 4.69) is 0 Å². The molecule has 6 rings (SSSR count). The Morgan fingerprint density at radius 1 is 0.689 bits per heavy atom. The summed E-state index contributed by atoms with van der Waals surface area (Å²) in [5.74, 6) is -0.861. The van der Waals surface area contributed by atoms with Gasteiger partial charge in [-0.1, -0.05) is 133 Å². The van der Waals surface area contributed by atoms with Gasteiger partial charge in [0.15, 0.2) is 11.2 Å². The van der Waals surface area contributed by atoms with Crippen LogP contribution in [0.25, 0.3) is 0 Å². The lowest BCUT2D eigenvalue weighted by Crippen LogP contribution is -2.64. The second kappa shape index (κ2) is 21.0. The molecule has 1 fully saturated rings. The molecule has 1 aliphatic heterocycles. The van der Waals surface area contributed by atoms with E-state index in [4.69, 9.17) is 28.4 Å². The number of sulfonamides is 1. The Labute approximate surface area is 357 Å². The highest BCUT2D eigenvalue weighted by Crippen LogP contribution is 2.35. The van der Waals surface area contributed by atoms with Crippen LogP contribution in [-0.4, -0.2) is 79.6 Å². The molecule has 0 spiro atoms. The fourth-order valence-electron chi connectivity index (χ4n) is 7.11. The van der Waals surface area contributed by atoms with Crippen molar-refractivity contribution in [2.45, 2.75) is 94.3 Å². The molecule has 61 heavy (non-hydrogen) atoms. The molecule has 0 bridgehead atoms. The summed E-state index contributed by atoms with van der Waals surface area (Å²) in [6.07, 6.45) is -5.38. The molecule has 0 aromatic heterocycles. The second-order valence-electron chi connectivity index (χ2n) is 15.6. The first-order valence-electron chi connectivity index (χ1n) is 20.0. The second-order valence-corrected chi connectivity index (χ2v) is 17.5. The number of hydrogen-bond acceptors (Lipinski definition) is 11. The molecule has 322 valence electrons. The predicted octanol–water partition coefficient (Wildman–Crippen LogP) is 7.67. The van der Waals surface area contributed by atoms with Crippen LogP contribution in [-0.2, 0) is 69.5 Å². The molecule has 14 heteroatoms. The van der Waals surface area contributed by atoms with Crippen LogP contribution >= 0.6 is 0 Å². The summed E-state index contributed by atoms with van der Waals surface area (Å²) in [4.78, 5) is 25.5. The molecular formula is C47H52N2O11S. The van der Waals surface area contributed by atoms with E-state index < -0.39 is 80.4 Å². The molecule has 1 saturated heterocycles. The third-order valence-corrected chi connectivity index (χ3v) is 11.9. The van der Waals surface area contributed by atoms with E-state index in [1.165, 1.54) is 19.2 Å². The zero-order valence-electron chi connectivity index (χ0n) is 34.6. The van der Waals surface area contributed by atoms with Crippen molar-refractivity contribution in [2.24, 2.45) is 0 Å². The lowest BCUT2D eigenvalue weighted by Gasteiger charge is -2.47. The highest BCUT2D eigenvalue weighted by Gasteiger charge is 2.52. The van der Waals surface area contributed by atoms with Gasteiger partial charge in [-0.3, -0.25) is 14.9 Å². The maximum absolute atomic E-state index is 15.2. The minimum atomic E-state index is -4.90. The van der Waals surface area contributed by atoms with Gasteiger partial charge in [-0.05, 0) is 55.5 Å². The van der Waals surface area contributed by atoms with Crippen molar-refractivity contribution in [3.63, 3.8) is 0 Å². The number of esters is 1. The molecule has 6 atom stereocenters. The van der Waals surface area contributed by atoms with Crippen molar-refractivity contribution in [1.29, 1.82) is 0 Å². The van der Waals surface area contributed by atoms with Gasteiger partial charge >= 0.3 is 5.97 Å². The van der Waals surface area contributed by atoms with E-state index >= 15 is 8.42 Å². The summed E-state index contributed by atoms with van der Waals surface area (Å²) in [6, 6.07) is 40.9. The number of nitro groups is 1. The molecule has 1 heterocycles. The van der Waals surface area contributed by atoms with Crippen LogP contribution in [0.4, 0.5) is 5.69 Å². The number of ether oxygens (including phenoxy) is 6. The Morgan fingerprint density at radius 3 is 1.61 bits per heavy atom. The topological polar surface area (TPSA) is 153 Å². The van der Waals surface area contributed by atoms with Gasteiger partial charge in [-0.2, -0.15) is 4.31 Å². The largest absolute Gasteiger partial charge is 0.459 e. The van der Waals surface area contributed by atoms with Crippen molar-refractivity contribution in [1.82, 2.24) is 4.31 Å². The zero-order chi connectivity index (χ0) is 43.4. The highest BCUT2D eigenvalue weighted by atomic mass is 32.2. The van der Waals surface area contributed by atoms with Gasteiger partial charge in [-0.25, -0.2) is 8.42 Å². The summed E-state index contributed by atoms with van der Waals surface area (Å²) in [6.45, 7) is 4.84. The standard InChI is InChI=1S/C47H52N2O11S/c1-47(2,3)60-45(50)39(29-34-19-9-5-10-20-34)48(61(53,54)41-28-18-17-27-38(41)49(51)52)30-40-42(56-31-35-21-11-6-12-22-35)43(57-32-36-23-13-7-14-24-36)44(46(55-4)59-40)58-33-37-25-15-8-16-26-37/h5-28,39-40,42-44,46H,29-33H2,1-4H3/t39-,40+,42+,43-,44+,46-/m0/s1. The first-order chi connectivity index (χ1) is 29.3. The van der Waals surface area contributed by atoms with Crippen molar-refractivity contribution in [3.8, 4) is 0 Å². The summed E-state index contributed by atoms with van der Waals surface area (Å²) in [5, 5.41) is 12.4. The first-order valence-corrected chi connectivity index (χ1v) is 21.4. The van der Waals surface area contributed by atoms with Crippen LogP contribution in [0.2, 0.25) is 0 Å². The number of carbonyl (C=O) groups excluding carboxylic acids is 1. The molecule has 0 amide bonds. The van der Waals surface area contributed by atoms with Gasteiger partial charge in [0, 0.05) is 19.7 Å². The Balaban J connectivity index is 1.49. The number of nitrogens with zero attached hydrogens (tertiary/aromatic N) is 2. The molecular weight excluding hydrogens is 801 g/mol. The van der Waals surface area contributed by atoms with E-state index in [0.29, 0.717) is 5.56 Å². The van der Waals surface area contributed by atoms with Crippen molar-refractivity contribution in [2.75, 3.05) is 13.7 Å². The number of carbonyl (C=O) groups is 1. The average Bonchev–Trinajstić information content (AvgIpc) is 3.26. The van der Waals surface area contributed by atoms with E-state index in [9.17, 15) is 14.9 Å². The Kier molecular flexibility index (Phi) is 15.5. The highest BCUT2D eigenvalue weighted by molar-refractivity contribution is 7.89. The lowest BCUT2D eigenvalue weighted by molar-refractivity contribution is -0.387. The summed E-state index contributed by atoms with van der Waals surface area (Å²) in [5.41, 5.74) is 1.49. The van der Waals surface area contributed by atoms with Crippen LogP contribution in [0.15, 0.2) is 150 Å². The van der Waals surface area contributed by atoms with Crippen LogP contribution < -0.4 is 0 Å². The number of methoxy groups -OCH3 is 1. The smallest absolute Gasteiger partial charge is 0.325 e. The molecule has 0 aliphatic carbocycles. The normalized spacial score (nSPS) is 19.9. The molecule has 13 nitrogen and oxygen atoms in total. The molecule has 0 N–H and O–H groups in total. The van der Waals surface area contributed by atoms with Crippen LogP contribution in [0.3, 0.4) is 0 Å². The molecule has 5 aromatic carbocycles. The average molecular weight is 853 g/mol. The van der Waals surface area contributed by atoms with Gasteiger partial charge in [0.25, 0.3) is 15.7 Å². The van der Waals surface area contributed by atoms with Gasteiger partial charge < -0.3 is 28.4 Å². The number of benzene rings is 5. The first kappa shape index (κ1) is 45.2. The van der Waals surface area contributed by atoms with E-state index in [-0.39, 0.29) is 26.2 Å². The number of nitro benzene ring substituents is 1. The molecule has 1 aliphatic rings. The monoisotopic (exact) mass is 852 g/mol. The number of hydrogen-bond donors (Lipinski definition) is 0. The minimum Gasteiger partial charge on any atom is -0.459 e. The Hall–Kier alpha value is -5.32.